The molecule has 0 aliphatic rings. The van der Waals surface area contributed by atoms with Crippen LogP contribution in [-0.2, 0) is 0 Å². The Labute approximate surface area is 117 Å². The number of aliphatic hydroxyl groups is 1. The number of hydrogen-bond donors (Lipinski definition) is 1. The van der Waals surface area contributed by atoms with E-state index in [-0.39, 0.29) is 19.0 Å². The van der Waals surface area contributed by atoms with Crippen molar-refractivity contribution < 1.29 is 19.0 Å². The van der Waals surface area contributed by atoms with Crippen LogP contribution in [0.2, 0.25) is 0 Å². The molecule has 0 saturated carbocycles. The van der Waals surface area contributed by atoms with E-state index >= 15 is 0 Å². The summed E-state index contributed by atoms with van der Waals surface area (Å²) in [6.07, 6.45) is 0. The van der Waals surface area contributed by atoms with E-state index in [1.54, 1.807) is 6.07 Å². The van der Waals surface area contributed by atoms with Crippen molar-refractivity contribution in [2.75, 3.05) is 19.8 Å². The third-order valence-electron chi connectivity index (χ3n) is 2.73. The van der Waals surface area contributed by atoms with Gasteiger partial charge in [-0.15, -0.1) is 0 Å². The molecule has 106 valence electrons. The number of benzene rings is 2. The number of aliphatic hydroxyl groups excluding tert-OH is 1. The number of hydrogen-bond acceptors (Lipinski definition) is 3. The molecule has 2 rings (SSSR count). The van der Waals surface area contributed by atoms with Crippen molar-refractivity contribution in [1.82, 2.24) is 0 Å². The molecule has 2 aromatic rings. The first kappa shape index (κ1) is 14.3. The van der Waals surface area contributed by atoms with E-state index in [9.17, 15) is 4.39 Å². The van der Waals surface area contributed by atoms with Crippen molar-refractivity contribution in [1.29, 1.82) is 0 Å². The summed E-state index contributed by atoms with van der Waals surface area (Å²) in [6.45, 7) is 2.47. The Morgan fingerprint density at radius 3 is 2.65 bits per heavy atom. The summed E-state index contributed by atoms with van der Waals surface area (Å²) in [5.41, 5.74) is 1.49. The monoisotopic (exact) mass is 276 g/mol. The number of rotatable bonds is 6. The lowest BCUT2D eigenvalue weighted by atomic mass is 10.0. The average molecular weight is 276 g/mol. The normalized spacial score (nSPS) is 10.3. The van der Waals surface area contributed by atoms with Gasteiger partial charge in [0.05, 0.1) is 13.2 Å². The quantitative estimate of drug-likeness (QED) is 0.880. The van der Waals surface area contributed by atoms with Gasteiger partial charge in [-0.3, -0.25) is 0 Å². The fraction of sp³-hybridized carbons (Fsp3) is 0.250. The molecule has 0 aliphatic carbocycles. The molecule has 0 unspecified atom stereocenters. The van der Waals surface area contributed by atoms with Gasteiger partial charge in [-0.05, 0) is 30.7 Å². The van der Waals surface area contributed by atoms with Crippen LogP contribution in [0.5, 0.6) is 11.5 Å². The Kier molecular flexibility index (Phi) is 4.96. The number of ether oxygens (including phenoxy) is 2. The SMILES string of the molecule is CCOc1ccccc1-c1cc(F)cc(OCCO)c1. The Hall–Kier alpha value is -2.07. The minimum Gasteiger partial charge on any atom is -0.493 e. The number of para-hydroxylation sites is 1. The summed E-state index contributed by atoms with van der Waals surface area (Å²) < 4.78 is 24.5. The Morgan fingerprint density at radius 1 is 1.10 bits per heavy atom. The third-order valence-corrected chi connectivity index (χ3v) is 2.73. The average Bonchev–Trinajstić information content (AvgIpc) is 2.45. The van der Waals surface area contributed by atoms with E-state index in [1.807, 2.05) is 31.2 Å². The highest BCUT2D eigenvalue weighted by Gasteiger charge is 2.09. The Morgan fingerprint density at radius 2 is 1.90 bits per heavy atom. The van der Waals surface area contributed by atoms with Crippen molar-refractivity contribution in [3.8, 4) is 22.6 Å². The van der Waals surface area contributed by atoms with Gasteiger partial charge < -0.3 is 14.6 Å². The van der Waals surface area contributed by atoms with E-state index < -0.39 is 0 Å². The lowest BCUT2D eigenvalue weighted by molar-refractivity contribution is 0.201. The molecule has 2 aromatic carbocycles. The molecule has 20 heavy (non-hydrogen) atoms. The number of halogens is 1. The van der Waals surface area contributed by atoms with Crippen LogP contribution in [0.3, 0.4) is 0 Å². The first-order chi connectivity index (χ1) is 9.74. The molecule has 4 heteroatoms. The zero-order valence-electron chi connectivity index (χ0n) is 11.3. The second-order valence-corrected chi connectivity index (χ2v) is 4.18. The van der Waals surface area contributed by atoms with Crippen LogP contribution in [0.1, 0.15) is 6.92 Å². The summed E-state index contributed by atoms with van der Waals surface area (Å²) in [6, 6.07) is 11.9. The smallest absolute Gasteiger partial charge is 0.127 e. The van der Waals surface area contributed by atoms with E-state index in [0.29, 0.717) is 23.7 Å². The van der Waals surface area contributed by atoms with Gasteiger partial charge in [0.15, 0.2) is 0 Å². The highest BCUT2D eigenvalue weighted by atomic mass is 19.1. The summed E-state index contributed by atoms with van der Waals surface area (Å²) in [7, 11) is 0. The van der Waals surface area contributed by atoms with Crippen LogP contribution in [0.4, 0.5) is 4.39 Å². The second-order valence-electron chi connectivity index (χ2n) is 4.18. The molecule has 3 nitrogen and oxygen atoms in total. The van der Waals surface area contributed by atoms with Crippen LogP contribution in [0.25, 0.3) is 11.1 Å². The van der Waals surface area contributed by atoms with E-state index in [0.717, 1.165) is 5.56 Å². The topological polar surface area (TPSA) is 38.7 Å². The molecule has 0 aliphatic heterocycles. The lowest BCUT2D eigenvalue weighted by Crippen LogP contribution is -2.02. The van der Waals surface area contributed by atoms with Crippen molar-refractivity contribution in [2.24, 2.45) is 0 Å². The summed E-state index contributed by atoms with van der Waals surface area (Å²) >= 11 is 0. The summed E-state index contributed by atoms with van der Waals surface area (Å²) in [4.78, 5) is 0. The van der Waals surface area contributed by atoms with E-state index in [1.165, 1.54) is 12.1 Å². The van der Waals surface area contributed by atoms with Crippen LogP contribution >= 0.6 is 0 Å². The standard InChI is InChI=1S/C16H17FO3/c1-2-19-16-6-4-3-5-15(16)12-9-13(17)11-14(10-12)20-8-7-18/h3-6,9-11,18H,2,7-8H2,1H3. The molecule has 0 fully saturated rings. The summed E-state index contributed by atoms with van der Waals surface area (Å²) in [5.74, 6) is 0.704. The maximum Gasteiger partial charge on any atom is 0.127 e. The van der Waals surface area contributed by atoms with Crippen LogP contribution in [0, 0.1) is 5.82 Å². The molecule has 0 amide bonds. The third kappa shape index (κ3) is 3.48. The molecule has 1 N–H and O–H groups in total. The molecule has 0 spiro atoms. The van der Waals surface area contributed by atoms with Crippen molar-refractivity contribution in [2.45, 2.75) is 6.92 Å². The van der Waals surface area contributed by atoms with Crippen LogP contribution in [0.15, 0.2) is 42.5 Å². The van der Waals surface area contributed by atoms with Gasteiger partial charge in [-0.2, -0.15) is 0 Å². The molecule has 0 saturated heterocycles. The minimum absolute atomic E-state index is 0.110. The van der Waals surface area contributed by atoms with Gasteiger partial charge in [-0.1, -0.05) is 18.2 Å². The Bertz CT molecular complexity index is 569. The maximum atomic E-state index is 13.7. The maximum absolute atomic E-state index is 13.7. The lowest BCUT2D eigenvalue weighted by Gasteiger charge is -2.12. The second kappa shape index (κ2) is 6.91. The van der Waals surface area contributed by atoms with Gasteiger partial charge in [-0.25, -0.2) is 4.39 Å². The molecule has 0 bridgehead atoms. The fourth-order valence-corrected chi connectivity index (χ4v) is 1.95. The van der Waals surface area contributed by atoms with Gasteiger partial charge >= 0.3 is 0 Å². The van der Waals surface area contributed by atoms with Gasteiger partial charge in [0, 0.05) is 11.6 Å². The first-order valence-electron chi connectivity index (χ1n) is 6.51. The molecule has 0 aromatic heterocycles. The van der Waals surface area contributed by atoms with Crippen molar-refractivity contribution >= 4 is 0 Å². The zero-order valence-corrected chi connectivity index (χ0v) is 11.3. The van der Waals surface area contributed by atoms with Crippen molar-refractivity contribution in [3.63, 3.8) is 0 Å². The van der Waals surface area contributed by atoms with Gasteiger partial charge in [0.1, 0.15) is 23.9 Å². The predicted octanol–water partition coefficient (Wildman–Crippen LogP) is 3.26. The van der Waals surface area contributed by atoms with Gasteiger partial charge in [0.25, 0.3) is 0 Å². The zero-order chi connectivity index (χ0) is 14.4. The highest BCUT2D eigenvalue weighted by Crippen LogP contribution is 2.32. The first-order valence-corrected chi connectivity index (χ1v) is 6.51. The molecular weight excluding hydrogens is 259 g/mol. The van der Waals surface area contributed by atoms with Crippen molar-refractivity contribution in [3.05, 3.63) is 48.3 Å². The van der Waals surface area contributed by atoms with Crippen LogP contribution in [-0.4, -0.2) is 24.9 Å². The molecular formula is C16H17FO3. The highest BCUT2D eigenvalue weighted by molar-refractivity contribution is 5.71. The van der Waals surface area contributed by atoms with E-state index in [4.69, 9.17) is 14.6 Å². The van der Waals surface area contributed by atoms with Gasteiger partial charge in [0.2, 0.25) is 0 Å². The fourth-order valence-electron chi connectivity index (χ4n) is 1.95. The Balaban J connectivity index is 2.39. The van der Waals surface area contributed by atoms with Crippen LogP contribution < -0.4 is 9.47 Å². The van der Waals surface area contributed by atoms with E-state index in [2.05, 4.69) is 0 Å². The molecule has 0 radical (unpaired) electrons. The summed E-state index contributed by atoms with van der Waals surface area (Å²) in [5, 5.41) is 8.76. The largest absolute Gasteiger partial charge is 0.493 e. The molecule has 0 heterocycles. The predicted molar refractivity (Wildman–Crippen MR) is 75.6 cm³/mol. The molecule has 0 atom stereocenters. The minimum atomic E-state index is -0.387.